The molecule has 0 radical (unpaired) electrons. The van der Waals surface area contributed by atoms with Crippen LogP contribution in [0, 0.1) is 0 Å². The molecule has 1 aliphatic carbocycles. The number of nitrogens with one attached hydrogen (secondary N) is 1. The molecule has 2 aromatic rings. The second-order valence-corrected chi connectivity index (χ2v) is 5.44. The molecule has 3 N–H and O–H groups in total. The molecule has 0 aliphatic heterocycles. The number of nitrogens with two attached hydrogens (primary N) is 1. The minimum atomic E-state index is 0.604. The highest BCUT2D eigenvalue weighted by atomic mass is 79.9. The molecule has 0 spiro atoms. The van der Waals surface area contributed by atoms with E-state index < -0.39 is 0 Å². The number of nitrogen functional groups attached to an aromatic ring is 1. The summed E-state index contributed by atoms with van der Waals surface area (Å²) >= 11 is 3.43. The van der Waals surface area contributed by atoms with Crippen molar-refractivity contribution in [3.05, 3.63) is 28.9 Å². The normalized spacial score (nSPS) is 15.8. The SMILES string of the molecule is Nc1ccc(NC2CCC2)c2ncc(Br)cc12. The Labute approximate surface area is 109 Å². The van der Waals surface area contributed by atoms with Crippen LogP contribution in [0.25, 0.3) is 10.9 Å². The molecule has 17 heavy (non-hydrogen) atoms. The summed E-state index contributed by atoms with van der Waals surface area (Å²) < 4.78 is 0.956. The van der Waals surface area contributed by atoms with Gasteiger partial charge < -0.3 is 11.1 Å². The zero-order valence-electron chi connectivity index (χ0n) is 9.41. The summed E-state index contributed by atoms with van der Waals surface area (Å²) in [4.78, 5) is 4.46. The second-order valence-electron chi connectivity index (χ2n) is 4.52. The monoisotopic (exact) mass is 291 g/mol. The molecule has 1 fully saturated rings. The first-order chi connectivity index (χ1) is 8.24. The zero-order valence-corrected chi connectivity index (χ0v) is 11.0. The van der Waals surface area contributed by atoms with Crippen LogP contribution in [0.4, 0.5) is 11.4 Å². The van der Waals surface area contributed by atoms with E-state index in [0.717, 1.165) is 26.8 Å². The third-order valence-corrected chi connectivity index (χ3v) is 3.75. The molecule has 3 nitrogen and oxygen atoms in total. The maximum absolute atomic E-state index is 5.98. The number of hydrogen-bond donors (Lipinski definition) is 2. The first kappa shape index (κ1) is 10.8. The van der Waals surface area contributed by atoms with Crippen LogP contribution in [0.1, 0.15) is 19.3 Å². The van der Waals surface area contributed by atoms with Crippen LogP contribution < -0.4 is 11.1 Å². The van der Waals surface area contributed by atoms with Crippen LogP contribution in [0.3, 0.4) is 0 Å². The van der Waals surface area contributed by atoms with Crippen LogP contribution in [0.15, 0.2) is 28.9 Å². The number of benzene rings is 1. The van der Waals surface area contributed by atoms with Gasteiger partial charge >= 0.3 is 0 Å². The first-order valence-electron chi connectivity index (χ1n) is 5.84. The standard InChI is InChI=1S/C13H14BrN3/c14-8-6-10-11(15)4-5-12(13(10)16-7-8)17-9-2-1-3-9/h4-7,9,17H,1-3,15H2. The summed E-state index contributed by atoms with van der Waals surface area (Å²) in [5.41, 5.74) is 8.80. The number of hydrogen-bond acceptors (Lipinski definition) is 3. The van der Waals surface area contributed by atoms with Gasteiger partial charge in [0.15, 0.2) is 0 Å². The molecule has 3 rings (SSSR count). The van der Waals surface area contributed by atoms with Crippen molar-refractivity contribution in [2.75, 3.05) is 11.1 Å². The lowest BCUT2D eigenvalue weighted by molar-refractivity contribution is 0.446. The van der Waals surface area contributed by atoms with Crippen molar-refractivity contribution in [3.8, 4) is 0 Å². The highest BCUT2D eigenvalue weighted by Crippen LogP contribution is 2.31. The molecule has 0 amide bonds. The Bertz CT molecular complexity index is 564. The molecule has 1 aliphatic rings. The molecular formula is C13H14BrN3. The van der Waals surface area contributed by atoms with Gasteiger partial charge in [-0.25, -0.2) is 0 Å². The fraction of sp³-hybridized carbons (Fsp3) is 0.308. The Kier molecular flexibility index (Phi) is 2.67. The van der Waals surface area contributed by atoms with Crippen molar-refractivity contribution in [1.29, 1.82) is 0 Å². The number of aromatic nitrogens is 1. The Morgan fingerprint density at radius 3 is 2.88 bits per heavy atom. The predicted molar refractivity (Wildman–Crippen MR) is 75.1 cm³/mol. The molecule has 1 heterocycles. The number of nitrogens with zero attached hydrogens (tertiary/aromatic N) is 1. The quantitative estimate of drug-likeness (QED) is 0.832. The van der Waals surface area contributed by atoms with Gasteiger partial charge in [0.1, 0.15) is 0 Å². The van der Waals surface area contributed by atoms with E-state index in [1.807, 2.05) is 24.4 Å². The third-order valence-electron chi connectivity index (χ3n) is 3.31. The van der Waals surface area contributed by atoms with Gasteiger partial charge in [0.2, 0.25) is 0 Å². The summed E-state index contributed by atoms with van der Waals surface area (Å²) in [6.45, 7) is 0. The van der Waals surface area contributed by atoms with E-state index in [-0.39, 0.29) is 0 Å². The van der Waals surface area contributed by atoms with Crippen molar-refractivity contribution in [2.24, 2.45) is 0 Å². The lowest BCUT2D eigenvalue weighted by Gasteiger charge is -2.28. The van der Waals surface area contributed by atoms with E-state index >= 15 is 0 Å². The number of halogens is 1. The average molecular weight is 292 g/mol. The van der Waals surface area contributed by atoms with Gasteiger partial charge in [-0.3, -0.25) is 4.98 Å². The van der Waals surface area contributed by atoms with Crippen LogP contribution in [-0.2, 0) is 0 Å². The molecule has 0 bridgehead atoms. The molecule has 88 valence electrons. The summed E-state index contributed by atoms with van der Waals surface area (Å²) in [7, 11) is 0. The largest absolute Gasteiger partial charge is 0.398 e. The van der Waals surface area contributed by atoms with Gasteiger partial charge in [-0.05, 0) is 53.4 Å². The van der Waals surface area contributed by atoms with Gasteiger partial charge in [-0.1, -0.05) is 0 Å². The predicted octanol–water partition coefficient (Wildman–Crippen LogP) is 3.54. The Balaban J connectivity index is 2.08. The summed E-state index contributed by atoms with van der Waals surface area (Å²) in [6.07, 6.45) is 5.64. The van der Waals surface area contributed by atoms with Gasteiger partial charge in [0, 0.05) is 27.8 Å². The fourth-order valence-electron chi connectivity index (χ4n) is 2.10. The highest BCUT2D eigenvalue weighted by Gasteiger charge is 2.18. The van der Waals surface area contributed by atoms with Crippen LogP contribution in [-0.4, -0.2) is 11.0 Å². The van der Waals surface area contributed by atoms with E-state index in [1.54, 1.807) is 0 Å². The fourth-order valence-corrected chi connectivity index (χ4v) is 2.44. The minimum absolute atomic E-state index is 0.604. The zero-order chi connectivity index (χ0) is 11.8. The maximum Gasteiger partial charge on any atom is 0.0954 e. The number of fused-ring (bicyclic) bond motifs is 1. The average Bonchev–Trinajstić information content (AvgIpc) is 2.26. The highest BCUT2D eigenvalue weighted by molar-refractivity contribution is 9.10. The van der Waals surface area contributed by atoms with E-state index in [4.69, 9.17) is 5.73 Å². The molecule has 1 aromatic carbocycles. The minimum Gasteiger partial charge on any atom is -0.398 e. The van der Waals surface area contributed by atoms with E-state index in [9.17, 15) is 0 Å². The van der Waals surface area contributed by atoms with E-state index in [2.05, 4.69) is 26.2 Å². The molecule has 1 aromatic heterocycles. The topological polar surface area (TPSA) is 50.9 Å². The van der Waals surface area contributed by atoms with Crippen LogP contribution in [0.5, 0.6) is 0 Å². The summed E-state index contributed by atoms with van der Waals surface area (Å²) in [5, 5.41) is 4.54. The van der Waals surface area contributed by atoms with Crippen molar-refractivity contribution in [2.45, 2.75) is 25.3 Å². The van der Waals surface area contributed by atoms with Gasteiger partial charge in [-0.15, -0.1) is 0 Å². The van der Waals surface area contributed by atoms with Crippen molar-refractivity contribution >= 4 is 38.2 Å². The summed E-state index contributed by atoms with van der Waals surface area (Å²) in [6, 6.07) is 6.59. The molecule has 0 unspecified atom stereocenters. The molecule has 0 saturated heterocycles. The lowest BCUT2D eigenvalue weighted by Crippen LogP contribution is -2.27. The lowest BCUT2D eigenvalue weighted by atomic mass is 9.93. The first-order valence-corrected chi connectivity index (χ1v) is 6.63. The molecule has 4 heteroatoms. The maximum atomic E-state index is 5.98. The van der Waals surface area contributed by atoms with Crippen molar-refractivity contribution in [1.82, 2.24) is 4.98 Å². The van der Waals surface area contributed by atoms with Crippen molar-refractivity contribution < 1.29 is 0 Å². The van der Waals surface area contributed by atoms with Gasteiger partial charge in [-0.2, -0.15) is 0 Å². The van der Waals surface area contributed by atoms with Gasteiger partial charge in [0.25, 0.3) is 0 Å². The van der Waals surface area contributed by atoms with Gasteiger partial charge in [0.05, 0.1) is 11.2 Å². The van der Waals surface area contributed by atoms with E-state index in [1.165, 1.54) is 19.3 Å². The van der Waals surface area contributed by atoms with E-state index in [0.29, 0.717) is 6.04 Å². The summed E-state index contributed by atoms with van der Waals surface area (Å²) in [5.74, 6) is 0. The molecular weight excluding hydrogens is 278 g/mol. The van der Waals surface area contributed by atoms with Crippen LogP contribution in [0.2, 0.25) is 0 Å². The Morgan fingerprint density at radius 2 is 2.18 bits per heavy atom. The third kappa shape index (κ3) is 1.97. The molecule has 1 saturated carbocycles. The molecule has 0 atom stereocenters. The Hall–Kier alpha value is -1.29. The number of pyridine rings is 1. The second kappa shape index (κ2) is 4.18. The number of rotatable bonds is 2. The number of anilines is 2. The van der Waals surface area contributed by atoms with Crippen LogP contribution >= 0.6 is 15.9 Å². The smallest absolute Gasteiger partial charge is 0.0954 e. The van der Waals surface area contributed by atoms with Crippen molar-refractivity contribution in [3.63, 3.8) is 0 Å². The Morgan fingerprint density at radius 1 is 1.35 bits per heavy atom.